The number of carbonyl (C=O) groups excluding carboxylic acids is 2. The smallest absolute Gasteiger partial charge is 0.293 e. The molecule has 2 aliphatic rings. The molecule has 2 aliphatic heterocycles. The fourth-order valence-corrected chi connectivity index (χ4v) is 6.85. The second-order valence-corrected chi connectivity index (χ2v) is 16.5. The van der Waals surface area contributed by atoms with E-state index in [1.165, 1.54) is 35.0 Å². The highest BCUT2D eigenvalue weighted by Gasteiger charge is 2.39. The zero-order valence-electron chi connectivity index (χ0n) is 28.9. The van der Waals surface area contributed by atoms with Crippen LogP contribution in [0.25, 0.3) is 0 Å². The molecule has 1 N–H and O–H groups in total. The minimum atomic E-state index is -4.39. The Morgan fingerprint density at radius 3 is 1.63 bits per heavy atom. The predicted octanol–water partition coefficient (Wildman–Crippen LogP) is 11.3. The number of hydrogen-bond acceptors (Lipinski definition) is 8. The van der Waals surface area contributed by atoms with Crippen LogP contribution in [0.15, 0.2) is 112 Å². The third-order valence-corrected chi connectivity index (χ3v) is 10.1. The zero-order valence-corrected chi connectivity index (χ0v) is 32.0. The Morgan fingerprint density at radius 2 is 1.20 bits per heavy atom. The molecule has 7 nitrogen and oxygen atoms in total. The average molecular weight is 827 g/mol. The standard InChI is InChI=1S/C19H16ClF3N2OS.C10H11ClN2S.C8H4F3NO/c1-18(2)25(24-17(27-18)13-5-9-15(20)10-6-13)16(26)11-12-3-7-14(8-4-12)19(21,22)23;1-10(2)13-12-9(14-10)7-3-5-8(11)6-4-7;9-8(10,11)6-1-3-7(4-2-6)12-5-13/h3-10H,11H2,1-2H3;3-6,13H,1-2H3;1-4H. The van der Waals surface area contributed by atoms with Gasteiger partial charge in [-0.15, -0.1) is 0 Å². The molecule has 0 fully saturated rings. The summed E-state index contributed by atoms with van der Waals surface area (Å²) < 4.78 is 74.0. The third kappa shape index (κ3) is 12.1. The highest BCUT2D eigenvalue weighted by atomic mass is 35.5. The molecule has 0 saturated carbocycles. The number of halogens is 8. The quantitative estimate of drug-likeness (QED) is 0.123. The second-order valence-electron chi connectivity index (χ2n) is 12.4. The van der Waals surface area contributed by atoms with E-state index in [9.17, 15) is 35.9 Å². The van der Waals surface area contributed by atoms with E-state index < -0.39 is 28.4 Å². The van der Waals surface area contributed by atoms with Gasteiger partial charge in [-0.1, -0.05) is 83.1 Å². The van der Waals surface area contributed by atoms with Gasteiger partial charge in [0.05, 0.1) is 23.2 Å². The Hall–Kier alpha value is -4.27. The van der Waals surface area contributed by atoms with Crippen molar-refractivity contribution >= 4 is 74.5 Å². The molecule has 0 bridgehead atoms. The maximum absolute atomic E-state index is 12.7. The van der Waals surface area contributed by atoms with Crippen LogP contribution in [0.1, 0.15) is 55.5 Å². The van der Waals surface area contributed by atoms with Gasteiger partial charge in [0.2, 0.25) is 12.0 Å². The summed E-state index contributed by atoms with van der Waals surface area (Å²) in [6, 6.07) is 23.4. The highest BCUT2D eigenvalue weighted by molar-refractivity contribution is 8.16. The van der Waals surface area contributed by atoms with Crippen molar-refractivity contribution in [1.29, 1.82) is 0 Å². The zero-order chi connectivity index (χ0) is 39.9. The maximum atomic E-state index is 12.7. The molecule has 4 aromatic carbocycles. The monoisotopic (exact) mass is 825 g/mol. The van der Waals surface area contributed by atoms with E-state index in [0.29, 0.717) is 15.6 Å². The molecule has 0 aliphatic carbocycles. The molecule has 17 heteroatoms. The average Bonchev–Trinajstić information content (AvgIpc) is 3.63. The Morgan fingerprint density at radius 1 is 0.741 bits per heavy atom. The number of nitrogens with zero attached hydrogens (tertiary/aromatic N) is 4. The molecule has 0 radical (unpaired) electrons. The van der Waals surface area contributed by atoms with Crippen LogP contribution in [-0.4, -0.2) is 36.8 Å². The second kappa shape index (κ2) is 17.5. The van der Waals surface area contributed by atoms with Gasteiger partial charge in [-0.25, -0.2) is 9.80 Å². The SMILES string of the molecule is CC1(C)NN=C(c2ccc(Cl)cc2)S1.CC1(C)SC(c2ccc(Cl)cc2)=NN1C(=O)Cc1ccc(C(F)(F)F)cc1.O=C=Nc1ccc(C(F)(F)F)cc1. The van der Waals surface area contributed by atoms with Gasteiger partial charge >= 0.3 is 12.4 Å². The Bertz CT molecular complexity index is 2030. The number of hydrazone groups is 2. The van der Waals surface area contributed by atoms with Crippen LogP contribution in [-0.2, 0) is 28.4 Å². The van der Waals surface area contributed by atoms with Gasteiger partial charge in [0.1, 0.15) is 19.8 Å². The molecule has 4 aromatic rings. The number of amides is 1. The first-order valence-electron chi connectivity index (χ1n) is 15.7. The summed E-state index contributed by atoms with van der Waals surface area (Å²) in [6.45, 7) is 7.94. The van der Waals surface area contributed by atoms with Gasteiger partial charge in [-0.05, 0) is 93.9 Å². The third-order valence-electron chi connectivity index (χ3n) is 7.25. The molecule has 0 unspecified atom stereocenters. The number of nitrogens with one attached hydrogen (secondary N) is 1. The van der Waals surface area contributed by atoms with Crippen LogP contribution >= 0.6 is 46.7 Å². The summed E-state index contributed by atoms with van der Waals surface area (Å²) >= 11 is 14.9. The van der Waals surface area contributed by atoms with Gasteiger partial charge < -0.3 is 0 Å². The summed E-state index contributed by atoms with van der Waals surface area (Å²) in [7, 11) is 0. The minimum absolute atomic E-state index is 0.00499. The highest BCUT2D eigenvalue weighted by Crippen LogP contribution is 2.39. The normalized spacial score (nSPS) is 15.7. The Labute approximate surface area is 325 Å². The van der Waals surface area contributed by atoms with Crippen molar-refractivity contribution in [2.24, 2.45) is 15.2 Å². The fraction of sp³-hybridized carbons (Fsp3) is 0.243. The Balaban J connectivity index is 0.000000201. The van der Waals surface area contributed by atoms with E-state index in [2.05, 4.69) is 34.5 Å². The first kappa shape index (κ1) is 42.5. The largest absolute Gasteiger partial charge is 0.416 e. The van der Waals surface area contributed by atoms with Crippen molar-refractivity contribution in [3.05, 3.63) is 135 Å². The topological polar surface area (TPSA) is 86.5 Å². The van der Waals surface area contributed by atoms with Crippen molar-refractivity contribution in [2.45, 2.75) is 56.2 Å². The molecular formula is C37H31Cl2F6N5O2S2. The van der Waals surface area contributed by atoms with Crippen LogP contribution in [0.5, 0.6) is 0 Å². The van der Waals surface area contributed by atoms with Crippen LogP contribution in [0.3, 0.4) is 0 Å². The molecule has 2 heterocycles. The van der Waals surface area contributed by atoms with E-state index in [1.54, 1.807) is 23.9 Å². The molecule has 1 amide bonds. The first-order chi connectivity index (χ1) is 25.2. The number of aliphatic imine (C=N–C) groups is 1. The van der Waals surface area contributed by atoms with Crippen molar-refractivity contribution in [3.8, 4) is 0 Å². The summed E-state index contributed by atoms with van der Waals surface area (Å²) in [5.41, 5.74) is 4.19. The van der Waals surface area contributed by atoms with Gasteiger partial charge in [0.15, 0.2) is 0 Å². The number of benzene rings is 4. The van der Waals surface area contributed by atoms with E-state index >= 15 is 0 Å². The number of isocyanates is 1. The minimum Gasteiger partial charge on any atom is -0.293 e. The van der Waals surface area contributed by atoms with Crippen molar-refractivity contribution in [2.75, 3.05) is 0 Å². The first-order valence-corrected chi connectivity index (χ1v) is 18.1. The number of carbonyl (C=O) groups is 1. The van der Waals surface area contributed by atoms with Gasteiger partial charge in [-0.2, -0.15) is 41.5 Å². The van der Waals surface area contributed by atoms with E-state index in [0.717, 1.165) is 57.6 Å². The predicted molar refractivity (Wildman–Crippen MR) is 204 cm³/mol. The lowest BCUT2D eigenvalue weighted by Gasteiger charge is -2.27. The van der Waals surface area contributed by atoms with Crippen molar-refractivity contribution in [1.82, 2.24) is 10.4 Å². The molecular weight excluding hydrogens is 795 g/mol. The van der Waals surface area contributed by atoms with Crippen molar-refractivity contribution in [3.63, 3.8) is 0 Å². The summed E-state index contributed by atoms with van der Waals surface area (Å²) in [4.78, 5) is 25.0. The lowest BCUT2D eigenvalue weighted by molar-refractivity contribution is -0.138. The Kier molecular flexibility index (Phi) is 13.7. The lowest BCUT2D eigenvalue weighted by Crippen LogP contribution is -2.39. The molecule has 0 saturated heterocycles. The van der Waals surface area contributed by atoms with Crippen molar-refractivity contribution < 1.29 is 35.9 Å². The van der Waals surface area contributed by atoms with Crippen LogP contribution in [0.4, 0.5) is 32.0 Å². The summed E-state index contributed by atoms with van der Waals surface area (Å²) in [5.74, 6) is -0.281. The molecule has 284 valence electrons. The van der Waals surface area contributed by atoms with Gasteiger partial charge in [0, 0.05) is 21.2 Å². The van der Waals surface area contributed by atoms with E-state index in [4.69, 9.17) is 23.2 Å². The number of rotatable bonds is 5. The number of thioether (sulfide) groups is 2. The maximum Gasteiger partial charge on any atom is 0.416 e. The lowest BCUT2D eigenvalue weighted by atomic mass is 10.1. The molecule has 54 heavy (non-hydrogen) atoms. The molecule has 6 rings (SSSR count). The number of alkyl halides is 6. The van der Waals surface area contributed by atoms with Crippen LogP contribution in [0.2, 0.25) is 10.0 Å². The van der Waals surface area contributed by atoms with Crippen LogP contribution < -0.4 is 5.43 Å². The fourth-order valence-electron chi connectivity index (χ4n) is 4.60. The molecule has 0 aromatic heterocycles. The number of hydrogen-bond donors (Lipinski definition) is 1. The summed E-state index contributed by atoms with van der Waals surface area (Å²) in [6.07, 6.45) is -7.54. The summed E-state index contributed by atoms with van der Waals surface area (Å²) in [5, 5.41) is 13.2. The van der Waals surface area contributed by atoms with Gasteiger partial charge in [-0.3, -0.25) is 10.2 Å². The molecule has 0 spiro atoms. The van der Waals surface area contributed by atoms with Gasteiger partial charge in [0.25, 0.3) is 0 Å². The van der Waals surface area contributed by atoms with Crippen LogP contribution in [0, 0.1) is 0 Å². The van der Waals surface area contributed by atoms with E-state index in [-0.39, 0.29) is 22.9 Å². The molecule has 0 atom stereocenters. The van der Waals surface area contributed by atoms with E-state index in [1.807, 2.05) is 50.2 Å².